The van der Waals surface area contributed by atoms with Crippen LogP contribution in [0.5, 0.6) is 0 Å². The van der Waals surface area contributed by atoms with Gasteiger partial charge in [0.05, 0.1) is 6.04 Å². The summed E-state index contributed by atoms with van der Waals surface area (Å²) in [5, 5.41) is 5.16. The van der Waals surface area contributed by atoms with E-state index in [1.54, 1.807) is 6.07 Å². The molecule has 1 aliphatic rings. The van der Waals surface area contributed by atoms with E-state index in [9.17, 15) is 4.39 Å². The number of aromatic nitrogens is 1. The standard InChI is InChI=1S/C17H13BrClFN2/c18-9-1-4-15-13(7-9)11-5-6-21-16(17(11)22-15)12-3-2-10(20)8-14(12)19/h1-4,7-8,16,21-22H,5-6H2. The van der Waals surface area contributed by atoms with Gasteiger partial charge in [-0.1, -0.05) is 33.6 Å². The third-order valence-electron chi connectivity index (χ3n) is 4.19. The van der Waals surface area contributed by atoms with Crippen molar-refractivity contribution in [2.45, 2.75) is 12.5 Å². The van der Waals surface area contributed by atoms with Gasteiger partial charge in [-0.05, 0) is 47.9 Å². The molecule has 22 heavy (non-hydrogen) atoms. The topological polar surface area (TPSA) is 27.8 Å². The fourth-order valence-electron chi connectivity index (χ4n) is 3.20. The fourth-order valence-corrected chi connectivity index (χ4v) is 3.84. The van der Waals surface area contributed by atoms with Crippen LogP contribution >= 0.6 is 27.5 Å². The quantitative estimate of drug-likeness (QED) is 0.614. The maximum absolute atomic E-state index is 13.3. The Bertz CT molecular complexity index is 874. The van der Waals surface area contributed by atoms with Crippen molar-refractivity contribution in [3.05, 3.63) is 68.5 Å². The third kappa shape index (κ3) is 2.26. The van der Waals surface area contributed by atoms with Crippen molar-refractivity contribution in [3.8, 4) is 0 Å². The first-order chi connectivity index (χ1) is 10.6. The molecule has 2 heterocycles. The molecule has 1 aliphatic heterocycles. The van der Waals surface area contributed by atoms with Crippen LogP contribution in [0.25, 0.3) is 10.9 Å². The molecule has 1 unspecified atom stereocenters. The number of aromatic amines is 1. The molecular formula is C17H13BrClFN2. The average molecular weight is 380 g/mol. The molecule has 0 spiro atoms. The molecule has 5 heteroatoms. The number of rotatable bonds is 1. The van der Waals surface area contributed by atoms with Crippen molar-refractivity contribution in [3.63, 3.8) is 0 Å². The van der Waals surface area contributed by atoms with Crippen LogP contribution < -0.4 is 5.32 Å². The van der Waals surface area contributed by atoms with Crippen LogP contribution in [0.2, 0.25) is 5.02 Å². The Balaban J connectivity index is 1.90. The average Bonchev–Trinajstić information content (AvgIpc) is 2.85. The van der Waals surface area contributed by atoms with Crippen molar-refractivity contribution in [1.29, 1.82) is 0 Å². The number of hydrogen-bond acceptors (Lipinski definition) is 1. The molecule has 1 aromatic heterocycles. The summed E-state index contributed by atoms with van der Waals surface area (Å²) in [5.41, 5.74) is 4.43. The maximum Gasteiger partial charge on any atom is 0.124 e. The molecule has 4 rings (SSSR count). The highest BCUT2D eigenvalue weighted by Crippen LogP contribution is 2.36. The summed E-state index contributed by atoms with van der Waals surface area (Å²) in [6.07, 6.45) is 0.959. The lowest BCUT2D eigenvalue weighted by molar-refractivity contribution is 0.558. The fraction of sp³-hybridized carbons (Fsp3) is 0.176. The summed E-state index contributed by atoms with van der Waals surface area (Å²) in [6, 6.07) is 10.8. The summed E-state index contributed by atoms with van der Waals surface area (Å²) in [7, 11) is 0. The first-order valence-corrected chi connectivity index (χ1v) is 8.29. The summed E-state index contributed by atoms with van der Waals surface area (Å²) in [4.78, 5) is 3.50. The van der Waals surface area contributed by atoms with Crippen molar-refractivity contribution < 1.29 is 4.39 Å². The zero-order valence-electron chi connectivity index (χ0n) is 11.6. The van der Waals surface area contributed by atoms with Crippen molar-refractivity contribution in [2.75, 3.05) is 6.54 Å². The Hall–Kier alpha value is -1.36. The lowest BCUT2D eigenvalue weighted by Gasteiger charge is -2.25. The van der Waals surface area contributed by atoms with Crippen LogP contribution in [0.4, 0.5) is 4.39 Å². The Labute approximate surface area is 140 Å². The van der Waals surface area contributed by atoms with Gasteiger partial charge >= 0.3 is 0 Å². The van der Waals surface area contributed by atoms with Gasteiger partial charge in [-0.2, -0.15) is 0 Å². The van der Waals surface area contributed by atoms with E-state index in [4.69, 9.17) is 11.6 Å². The molecule has 0 amide bonds. The molecule has 0 radical (unpaired) electrons. The highest BCUT2D eigenvalue weighted by atomic mass is 79.9. The van der Waals surface area contributed by atoms with E-state index < -0.39 is 0 Å². The predicted molar refractivity (Wildman–Crippen MR) is 91.0 cm³/mol. The highest BCUT2D eigenvalue weighted by Gasteiger charge is 2.26. The second kappa shape index (κ2) is 5.37. The molecule has 0 saturated heterocycles. The number of benzene rings is 2. The first-order valence-electron chi connectivity index (χ1n) is 7.12. The van der Waals surface area contributed by atoms with Gasteiger partial charge in [-0.25, -0.2) is 4.39 Å². The number of halogens is 3. The number of hydrogen-bond donors (Lipinski definition) is 2. The predicted octanol–water partition coefficient (Wildman–Crippen LogP) is 4.96. The molecular weight excluding hydrogens is 367 g/mol. The minimum atomic E-state index is -0.314. The van der Waals surface area contributed by atoms with Gasteiger partial charge in [0.2, 0.25) is 0 Å². The van der Waals surface area contributed by atoms with E-state index in [0.29, 0.717) is 5.02 Å². The van der Waals surface area contributed by atoms with Crippen LogP contribution in [0.3, 0.4) is 0 Å². The Morgan fingerprint density at radius 1 is 1.18 bits per heavy atom. The van der Waals surface area contributed by atoms with Crippen LogP contribution in [0.1, 0.15) is 22.9 Å². The third-order valence-corrected chi connectivity index (χ3v) is 5.01. The minimum Gasteiger partial charge on any atom is -0.357 e. The van der Waals surface area contributed by atoms with Crippen molar-refractivity contribution in [2.24, 2.45) is 0 Å². The summed E-state index contributed by atoms with van der Waals surface area (Å²) >= 11 is 9.78. The second-order valence-corrected chi connectivity index (χ2v) is 6.83. The van der Waals surface area contributed by atoms with E-state index in [1.807, 2.05) is 6.07 Å². The second-order valence-electron chi connectivity index (χ2n) is 5.51. The zero-order chi connectivity index (χ0) is 15.3. The highest BCUT2D eigenvalue weighted by molar-refractivity contribution is 9.10. The largest absolute Gasteiger partial charge is 0.357 e. The van der Waals surface area contributed by atoms with Crippen LogP contribution in [0, 0.1) is 5.82 Å². The van der Waals surface area contributed by atoms with Gasteiger partial charge < -0.3 is 10.3 Å². The minimum absolute atomic E-state index is 0.0389. The first kappa shape index (κ1) is 14.2. The summed E-state index contributed by atoms with van der Waals surface area (Å²) in [5.74, 6) is -0.314. The summed E-state index contributed by atoms with van der Waals surface area (Å²) in [6.45, 7) is 0.866. The molecule has 112 valence electrons. The lowest BCUT2D eigenvalue weighted by Crippen LogP contribution is -2.30. The molecule has 0 bridgehead atoms. The monoisotopic (exact) mass is 378 g/mol. The summed E-state index contributed by atoms with van der Waals surface area (Å²) < 4.78 is 14.4. The Morgan fingerprint density at radius 3 is 2.86 bits per heavy atom. The Morgan fingerprint density at radius 2 is 2.05 bits per heavy atom. The van der Waals surface area contributed by atoms with Crippen molar-refractivity contribution >= 4 is 38.4 Å². The lowest BCUT2D eigenvalue weighted by atomic mass is 9.94. The van der Waals surface area contributed by atoms with Gasteiger partial charge in [0, 0.05) is 32.6 Å². The maximum atomic E-state index is 13.3. The molecule has 2 aromatic carbocycles. The van der Waals surface area contributed by atoms with Gasteiger partial charge in [-0.3, -0.25) is 0 Å². The van der Waals surface area contributed by atoms with E-state index >= 15 is 0 Å². The van der Waals surface area contributed by atoms with Gasteiger partial charge in [0.15, 0.2) is 0 Å². The molecule has 0 fully saturated rings. The van der Waals surface area contributed by atoms with Gasteiger partial charge in [0.1, 0.15) is 5.82 Å². The van der Waals surface area contributed by atoms with E-state index in [-0.39, 0.29) is 11.9 Å². The number of H-pyrrole nitrogens is 1. The van der Waals surface area contributed by atoms with Crippen LogP contribution in [0.15, 0.2) is 40.9 Å². The molecule has 2 nitrogen and oxygen atoms in total. The molecule has 2 N–H and O–H groups in total. The van der Waals surface area contributed by atoms with Crippen LogP contribution in [-0.2, 0) is 6.42 Å². The van der Waals surface area contributed by atoms with Crippen molar-refractivity contribution in [1.82, 2.24) is 10.3 Å². The zero-order valence-corrected chi connectivity index (χ0v) is 13.9. The Kier molecular flexibility index (Phi) is 3.48. The molecule has 1 atom stereocenters. The van der Waals surface area contributed by atoms with Gasteiger partial charge in [-0.15, -0.1) is 0 Å². The molecule has 0 saturated carbocycles. The van der Waals surface area contributed by atoms with Crippen LogP contribution in [-0.4, -0.2) is 11.5 Å². The molecule has 3 aromatic rings. The van der Waals surface area contributed by atoms with Gasteiger partial charge in [0.25, 0.3) is 0 Å². The number of fused-ring (bicyclic) bond motifs is 3. The SMILES string of the molecule is Fc1ccc(C2NCCc3c2[nH]c2ccc(Br)cc32)c(Cl)c1. The smallest absolute Gasteiger partial charge is 0.124 e. The number of nitrogens with one attached hydrogen (secondary N) is 2. The van der Waals surface area contributed by atoms with E-state index in [2.05, 4.69) is 38.4 Å². The molecule has 0 aliphatic carbocycles. The van der Waals surface area contributed by atoms with E-state index in [0.717, 1.165) is 34.2 Å². The van der Waals surface area contributed by atoms with E-state index in [1.165, 1.54) is 23.1 Å². The normalized spacial score (nSPS) is 17.7.